The van der Waals surface area contributed by atoms with Gasteiger partial charge in [0.05, 0.1) is 6.54 Å². The van der Waals surface area contributed by atoms with Gasteiger partial charge in [0.2, 0.25) is 5.91 Å². The van der Waals surface area contributed by atoms with Crippen molar-refractivity contribution >= 4 is 23.9 Å². The van der Waals surface area contributed by atoms with Crippen LogP contribution in [0.3, 0.4) is 0 Å². The molecule has 5 N–H and O–H groups in total. The molecule has 1 unspecified atom stereocenters. The first-order valence-electron chi connectivity index (χ1n) is 12.2. The summed E-state index contributed by atoms with van der Waals surface area (Å²) in [6.45, 7) is 5.77. The molecule has 1 aliphatic rings. The van der Waals surface area contributed by atoms with Gasteiger partial charge in [-0.15, -0.1) is 0 Å². The van der Waals surface area contributed by atoms with Crippen molar-refractivity contribution in [2.75, 3.05) is 13.7 Å². The molecule has 204 valence electrons. The molecule has 0 aliphatic carbocycles. The zero-order valence-corrected chi connectivity index (χ0v) is 21.7. The van der Waals surface area contributed by atoms with Gasteiger partial charge in [0.1, 0.15) is 30.5 Å². The number of methoxy groups -OCH3 is 1. The Balaban J connectivity index is 1.93. The van der Waals surface area contributed by atoms with Gasteiger partial charge >= 0.3 is 5.97 Å². The minimum atomic E-state index is -1.76. The molecule has 1 aromatic carbocycles. The van der Waals surface area contributed by atoms with E-state index in [1.807, 2.05) is 51.1 Å². The third-order valence-electron chi connectivity index (χ3n) is 5.72. The van der Waals surface area contributed by atoms with Crippen LogP contribution in [0.25, 0.3) is 6.08 Å². The van der Waals surface area contributed by atoms with Crippen LogP contribution in [0.5, 0.6) is 0 Å². The summed E-state index contributed by atoms with van der Waals surface area (Å²) in [7, 11) is 1.17. The molecule has 0 radical (unpaired) electrons. The summed E-state index contributed by atoms with van der Waals surface area (Å²) in [5.74, 6) is -1.87. The average Bonchev–Trinajstić information content (AvgIpc) is 3.02. The van der Waals surface area contributed by atoms with Crippen molar-refractivity contribution in [3.8, 4) is 0 Å². The predicted octanol–water partition coefficient (Wildman–Crippen LogP) is 0.706. The molecule has 1 aromatic rings. The van der Waals surface area contributed by atoms with Gasteiger partial charge in [-0.25, -0.2) is 4.79 Å². The van der Waals surface area contributed by atoms with Crippen molar-refractivity contribution in [1.29, 1.82) is 0 Å². The summed E-state index contributed by atoms with van der Waals surface area (Å²) in [6, 6.07) is 8.28. The molecule has 1 fully saturated rings. The smallest absolute Gasteiger partial charge is 0.331 e. The van der Waals surface area contributed by atoms with Crippen molar-refractivity contribution in [1.82, 2.24) is 10.6 Å². The second kappa shape index (κ2) is 14.0. The van der Waals surface area contributed by atoms with Crippen LogP contribution in [-0.2, 0) is 23.9 Å². The third kappa shape index (κ3) is 10.1. The number of hydrogen-bond acceptors (Lipinski definition) is 8. The number of benzene rings is 1. The lowest BCUT2D eigenvalue weighted by Gasteiger charge is -2.28. The number of carbonyl (C=O) groups is 3. The van der Waals surface area contributed by atoms with Crippen LogP contribution in [0.1, 0.15) is 39.2 Å². The highest BCUT2D eigenvalue weighted by atomic mass is 16.5. The second-order valence-corrected chi connectivity index (χ2v) is 10.0. The zero-order chi connectivity index (χ0) is 27.6. The maximum absolute atomic E-state index is 12.8. The van der Waals surface area contributed by atoms with Gasteiger partial charge in [0.15, 0.2) is 6.10 Å². The molecule has 0 saturated carbocycles. The molecule has 2 amide bonds. The Morgan fingerprint density at radius 2 is 1.78 bits per heavy atom. The molecular weight excluding hydrogens is 480 g/mol. The Morgan fingerprint density at radius 3 is 2.41 bits per heavy atom. The van der Waals surface area contributed by atoms with E-state index in [9.17, 15) is 29.7 Å². The lowest BCUT2D eigenvalue weighted by Crippen LogP contribution is -2.55. The summed E-state index contributed by atoms with van der Waals surface area (Å²) in [6.07, 6.45) is -0.614. The Labute approximate surface area is 217 Å². The Kier molecular flexibility index (Phi) is 11.4. The van der Waals surface area contributed by atoms with Crippen LogP contribution >= 0.6 is 0 Å². The molecule has 2 rings (SSSR count). The highest BCUT2D eigenvalue weighted by molar-refractivity contribution is 5.90. The van der Waals surface area contributed by atoms with Gasteiger partial charge in [0, 0.05) is 13.2 Å². The number of aliphatic hydroxyl groups excluding tert-OH is 3. The van der Waals surface area contributed by atoms with E-state index in [1.54, 1.807) is 12.2 Å². The van der Waals surface area contributed by atoms with Crippen molar-refractivity contribution < 1.29 is 39.2 Å². The fourth-order valence-corrected chi connectivity index (χ4v) is 3.63. The summed E-state index contributed by atoms with van der Waals surface area (Å²) in [5, 5.41) is 36.1. The van der Waals surface area contributed by atoms with E-state index in [0.717, 1.165) is 5.56 Å². The van der Waals surface area contributed by atoms with Gasteiger partial charge in [0.25, 0.3) is 5.91 Å². The fraction of sp³-hybridized carbons (Fsp3) is 0.519. The van der Waals surface area contributed by atoms with Crippen LogP contribution in [0.4, 0.5) is 0 Å². The Bertz CT molecular complexity index is 957. The standard InChI is InChI=1S/C27H38N2O8/c1-27(2,3)15-14-20(30)22(32)23(33)24(36-4)26(35)29-19-12-11-18(16-28-25(19)34)37-21(31)13-10-17-8-6-5-7-9-17/h5-10,13-15,18-20,22-24,30,32-33H,11-12,16H2,1-4H3,(H,28,34)(H,29,35)/b13-10+,15-14+/t18-,19?,20-,22+,23-,24-/m1/s1. The van der Waals surface area contributed by atoms with Gasteiger partial charge in [-0.1, -0.05) is 63.3 Å². The van der Waals surface area contributed by atoms with Crippen molar-refractivity contribution in [3.05, 3.63) is 54.1 Å². The first kappa shape index (κ1) is 30.2. The largest absolute Gasteiger partial charge is 0.457 e. The number of nitrogens with one attached hydrogen (secondary N) is 2. The lowest BCUT2D eigenvalue weighted by molar-refractivity contribution is -0.150. The van der Waals surface area contributed by atoms with Crippen molar-refractivity contribution in [2.45, 2.75) is 70.2 Å². The molecular formula is C27H38N2O8. The first-order chi connectivity index (χ1) is 17.4. The predicted molar refractivity (Wildman–Crippen MR) is 137 cm³/mol. The molecule has 10 heteroatoms. The number of aliphatic hydroxyl groups is 3. The van der Waals surface area contributed by atoms with E-state index in [4.69, 9.17) is 9.47 Å². The maximum atomic E-state index is 12.8. The Morgan fingerprint density at radius 1 is 1.11 bits per heavy atom. The monoisotopic (exact) mass is 518 g/mol. The van der Waals surface area contributed by atoms with Crippen LogP contribution in [0, 0.1) is 5.41 Å². The number of esters is 1. The van der Waals surface area contributed by atoms with Crippen molar-refractivity contribution in [3.63, 3.8) is 0 Å². The first-order valence-corrected chi connectivity index (χ1v) is 12.2. The molecule has 0 aromatic heterocycles. The Hall–Kier alpha value is -3.05. The summed E-state index contributed by atoms with van der Waals surface area (Å²) >= 11 is 0. The van der Waals surface area contributed by atoms with E-state index in [-0.39, 0.29) is 18.4 Å². The summed E-state index contributed by atoms with van der Waals surface area (Å²) < 4.78 is 10.5. The number of carbonyl (C=O) groups excluding carboxylic acids is 3. The number of amides is 2. The number of ether oxygens (including phenoxy) is 2. The van der Waals surface area contributed by atoms with E-state index >= 15 is 0 Å². The number of rotatable bonds is 10. The zero-order valence-electron chi connectivity index (χ0n) is 21.7. The topological polar surface area (TPSA) is 154 Å². The summed E-state index contributed by atoms with van der Waals surface area (Å²) in [5.41, 5.74) is 0.579. The normalized spacial score (nSPS) is 22.1. The van der Waals surface area contributed by atoms with Gasteiger partial charge in [-0.2, -0.15) is 0 Å². The molecule has 6 atom stereocenters. The second-order valence-electron chi connectivity index (χ2n) is 10.0. The van der Waals surface area contributed by atoms with E-state index in [2.05, 4.69) is 10.6 Å². The van der Waals surface area contributed by atoms with Crippen LogP contribution in [0.2, 0.25) is 0 Å². The average molecular weight is 519 g/mol. The van der Waals surface area contributed by atoms with Gasteiger partial charge < -0.3 is 35.4 Å². The molecule has 37 heavy (non-hydrogen) atoms. The van der Waals surface area contributed by atoms with Crippen molar-refractivity contribution in [2.24, 2.45) is 5.41 Å². The molecule has 10 nitrogen and oxygen atoms in total. The van der Waals surface area contributed by atoms with E-state index in [0.29, 0.717) is 6.42 Å². The molecule has 1 aliphatic heterocycles. The number of allylic oxidation sites excluding steroid dienone is 1. The minimum absolute atomic E-state index is 0.0808. The van der Waals surface area contributed by atoms with Gasteiger partial charge in [-0.3, -0.25) is 9.59 Å². The quantitative estimate of drug-likeness (QED) is 0.172. The highest BCUT2D eigenvalue weighted by Crippen LogP contribution is 2.17. The van der Waals surface area contributed by atoms with Gasteiger partial charge in [-0.05, 0) is 29.9 Å². The third-order valence-corrected chi connectivity index (χ3v) is 5.72. The van der Waals surface area contributed by atoms with Crippen LogP contribution in [-0.4, -0.2) is 83.3 Å². The highest BCUT2D eigenvalue weighted by Gasteiger charge is 2.37. The molecule has 1 heterocycles. The van der Waals surface area contributed by atoms with E-state index in [1.165, 1.54) is 19.3 Å². The molecule has 0 bridgehead atoms. The maximum Gasteiger partial charge on any atom is 0.331 e. The molecule has 0 spiro atoms. The number of hydrogen-bond donors (Lipinski definition) is 5. The van der Waals surface area contributed by atoms with Crippen LogP contribution < -0.4 is 10.6 Å². The van der Waals surface area contributed by atoms with E-state index < -0.39 is 54.3 Å². The molecule has 1 saturated heterocycles. The van der Waals surface area contributed by atoms with Crippen LogP contribution in [0.15, 0.2) is 48.6 Å². The minimum Gasteiger partial charge on any atom is -0.457 e. The lowest BCUT2D eigenvalue weighted by atomic mass is 9.94. The summed E-state index contributed by atoms with van der Waals surface area (Å²) in [4.78, 5) is 37.5. The SMILES string of the molecule is CO[C@@H](C(=O)NC1CC[C@@H](OC(=O)/C=C/c2ccccc2)CNC1=O)[C@H](O)[C@@H](O)[C@H](O)/C=C/C(C)(C)C. The fourth-order valence-electron chi connectivity index (χ4n) is 3.63.